The Bertz CT molecular complexity index is 515. The van der Waals surface area contributed by atoms with Crippen LogP contribution in [0, 0.1) is 11.8 Å². The monoisotopic (exact) mass is 284 g/mol. The van der Waals surface area contributed by atoms with E-state index in [4.69, 9.17) is 0 Å². The van der Waals surface area contributed by atoms with Crippen LogP contribution in [0.5, 0.6) is 0 Å². The second-order valence-electron chi connectivity index (χ2n) is 4.99. The van der Waals surface area contributed by atoms with E-state index >= 15 is 0 Å². The maximum atomic E-state index is 12.0. The number of aromatic nitrogens is 2. The van der Waals surface area contributed by atoms with Crippen molar-refractivity contribution in [3.8, 4) is 0 Å². The molecule has 0 bridgehead atoms. The molecule has 1 aliphatic rings. The highest BCUT2D eigenvalue weighted by molar-refractivity contribution is 7.89. The van der Waals surface area contributed by atoms with Crippen LogP contribution in [0.4, 0.5) is 5.95 Å². The summed E-state index contributed by atoms with van der Waals surface area (Å²) in [5, 5.41) is 3.00. The third kappa shape index (κ3) is 3.87. The standard InChI is InChI=1S/C12H20N4O2S/c1-3-4-13-12-14-7-11(8-15-12)19(17,18)16-6-10-5-9(10)2/h7-10,16H,3-6H2,1-2H3,(H,13,14,15). The molecule has 19 heavy (non-hydrogen) atoms. The quantitative estimate of drug-likeness (QED) is 0.787. The lowest BCUT2D eigenvalue weighted by atomic mass is 10.3. The molecule has 2 rings (SSSR count). The van der Waals surface area contributed by atoms with E-state index in [1.807, 2.05) is 6.92 Å². The van der Waals surface area contributed by atoms with Crippen molar-refractivity contribution in [2.75, 3.05) is 18.4 Å². The van der Waals surface area contributed by atoms with Crippen LogP contribution >= 0.6 is 0 Å². The first-order valence-electron chi connectivity index (χ1n) is 6.58. The van der Waals surface area contributed by atoms with Crippen LogP contribution in [0.2, 0.25) is 0 Å². The van der Waals surface area contributed by atoms with Crippen molar-refractivity contribution in [3.05, 3.63) is 12.4 Å². The summed E-state index contributed by atoms with van der Waals surface area (Å²) >= 11 is 0. The van der Waals surface area contributed by atoms with Crippen molar-refractivity contribution in [1.29, 1.82) is 0 Å². The van der Waals surface area contributed by atoms with E-state index in [-0.39, 0.29) is 4.90 Å². The zero-order valence-corrected chi connectivity index (χ0v) is 12.1. The second kappa shape index (κ2) is 5.83. The van der Waals surface area contributed by atoms with Crippen LogP contribution in [0.1, 0.15) is 26.7 Å². The molecule has 106 valence electrons. The van der Waals surface area contributed by atoms with Gasteiger partial charge in [-0.15, -0.1) is 0 Å². The molecule has 7 heteroatoms. The summed E-state index contributed by atoms with van der Waals surface area (Å²) in [5.74, 6) is 1.55. The van der Waals surface area contributed by atoms with Crippen molar-refractivity contribution in [2.24, 2.45) is 11.8 Å². The van der Waals surface area contributed by atoms with Gasteiger partial charge in [0.25, 0.3) is 0 Å². The summed E-state index contributed by atoms with van der Waals surface area (Å²) in [6, 6.07) is 0. The molecule has 0 aliphatic heterocycles. The summed E-state index contributed by atoms with van der Waals surface area (Å²) < 4.78 is 26.6. The molecule has 0 spiro atoms. The Morgan fingerprint density at radius 2 is 2.00 bits per heavy atom. The maximum Gasteiger partial charge on any atom is 0.243 e. The van der Waals surface area contributed by atoms with Gasteiger partial charge >= 0.3 is 0 Å². The van der Waals surface area contributed by atoms with Gasteiger partial charge in [0.05, 0.1) is 12.4 Å². The molecule has 0 amide bonds. The number of anilines is 1. The first-order valence-corrected chi connectivity index (χ1v) is 8.07. The summed E-state index contributed by atoms with van der Waals surface area (Å²) in [4.78, 5) is 8.11. The topological polar surface area (TPSA) is 84.0 Å². The molecule has 2 atom stereocenters. The first kappa shape index (κ1) is 14.2. The maximum absolute atomic E-state index is 12.0. The molecule has 1 aliphatic carbocycles. The Morgan fingerprint density at radius 1 is 1.37 bits per heavy atom. The smallest absolute Gasteiger partial charge is 0.243 e. The van der Waals surface area contributed by atoms with Gasteiger partial charge in [0, 0.05) is 13.1 Å². The normalized spacial score (nSPS) is 22.2. The molecule has 2 N–H and O–H groups in total. The van der Waals surface area contributed by atoms with Gasteiger partial charge in [0.1, 0.15) is 4.90 Å². The van der Waals surface area contributed by atoms with E-state index in [1.165, 1.54) is 12.4 Å². The van der Waals surface area contributed by atoms with Crippen molar-refractivity contribution in [3.63, 3.8) is 0 Å². The lowest BCUT2D eigenvalue weighted by Crippen LogP contribution is -2.26. The number of hydrogen-bond donors (Lipinski definition) is 2. The van der Waals surface area contributed by atoms with Crippen LogP contribution < -0.4 is 10.0 Å². The minimum Gasteiger partial charge on any atom is -0.354 e. The van der Waals surface area contributed by atoms with Crippen molar-refractivity contribution >= 4 is 16.0 Å². The summed E-state index contributed by atoms with van der Waals surface area (Å²) in [6.07, 6.45) is 4.73. The highest BCUT2D eigenvalue weighted by Crippen LogP contribution is 2.37. The van der Waals surface area contributed by atoms with Gasteiger partial charge in [-0.2, -0.15) is 0 Å². The van der Waals surface area contributed by atoms with Gasteiger partial charge in [-0.05, 0) is 24.7 Å². The predicted octanol–water partition coefficient (Wildman–Crippen LogP) is 1.23. The number of hydrogen-bond acceptors (Lipinski definition) is 5. The highest BCUT2D eigenvalue weighted by Gasteiger charge is 2.33. The Labute approximate surface area is 114 Å². The fourth-order valence-electron chi connectivity index (χ4n) is 1.77. The Balaban J connectivity index is 1.95. The lowest BCUT2D eigenvalue weighted by molar-refractivity contribution is 0.573. The van der Waals surface area contributed by atoms with Crippen LogP contribution in [-0.2, 0) is 10.0 Å². The van der Waals surface area contributed by atoms with E-state index in [0.29, 0.717) is 24.3 Å². The molecule has 1 aromatic rings. The van der Waals surface area contributed by atoms with Gasteiger partial charge in [0.2, 0.25) is 16.0 Å². The number of nitrogens with zero attached hydrogens (tertiary/aromatic N) is 2. The van der Waals surface area contributed by atoms with Crippen LogP contribution in [0.3, 0.4) is 0 Å². The average molecular weight is 284 g/mol. The molecule has 0 saturated heterocycles. The molecule has 6 nitrogen and oxygen atoms in total. The summed E-state index contributed by atoms with van der Waals surface area (Å²) in [7, 11) is -3.48. The zero-order chi connectivity index (χ0) is 13.9. The second-order valence-corrected chi connectivity index (χ2v) is 6.76. The highest BCUT2D eigenvalue weighted by atomic mass is 32.2. The molecular weight excluding hydrogens is 264 g/mol. The Hall–Kier alpha value is -1.21. The summed E-state index contributed by atoms with van der Waals surface area (Å²) in [6.45, 7) is 5.42. The number of nitrogens with one attached hydrogen (secondary N) is 2. The van der Waals surface area contributed by atoms with Gasteiger partial charge < -0.3 is 5.32 Å². The van der Waals surface area contributed by atoms with Gasteiger partial charge in [-0.3, -0.25) is 0 Å². The van der Waals surface area contributed by atoms with Gasteiger partial charge in [0.15, 0.2) is 0 Å². The largest absolute Gasteiger partial charge is 0.354 e. The van der Waals surface area contributed by atoms with Crippen LogP contribution in [-0.4, -0.2) is 31.5 Å². The predicted molar refractivity (Wildman–Crippen MR) is 73.3 cm³/mol. The molecule has 0 aromatic carbocycles. The molecule has 1 fully saturated rings. The minimum absolute atomic E-state index is 0.114. The lowest BCUT2D eigenvalue weighted by Gasteiger charge is -2.07. The van der Waals surface area contributed by atoms with Crippen LogP contribution in [0.25, 0.3) is 0 Å². The Morgan fingerprint density at radius 3 is 2.53 bits per heavy atom. The SMILES string of the molecule is CCCNc1ncc(S(=O)(=O)NCC2CC2C)cn1. The molecular formula is C12H20N4O2S. The molecule has 1 saturated carbocycles. The van der Waals surface area contributed by atoms with E-state index in [9.17, 15) is 8.42 Å². The van der Waals surface area contributed by atoms with E-state index in [1.54, 1.807) is 0 Å². The third-order valence-corrected chi connectivity index (χ3v) is 4.66. The van der Waals surface area contributed by atoms with E-state index in [2.05, 4.69) is 26.9 Å². The molecule has 1 aromatic heterocycles. The van der Waals surface area contributed by atoms with Gasteiger partial charge in [-0.25, -0.2) is 23.1 Å². The van der Waals surface area contributed by atoms with Crippen molar-refractivity contribution in [2.45, 2.75) is 31.6 Å². The van der Waals surface area contributed by atoms with Crippen LogP contribution in [0.15, 0.2) is 17.3 Å². The van der Waals surface area contributed by atoms with Crippen molar-refractivity contribution < 1.29 is 8.42 Å². The first-order chi connectivity index (χ1) is 9.03. The molecule has 0 radical (unpaired) electrons. The number of sulfonamides is 1. The van der Waals surface area contributed by atoms with Gasteiger partial charge in [-0.1, -0.05) is 13.8 Å². The third-order valence-electron chi connectivity index (χ3n) is 3.28. The summed E-state index contributed by atoms with van der Waals surface area (Å²) in [5.41, 5.74) is 0. The van der Waals surface area contributed by atoms with Crippen molar-refractivity contribution in [1.82, 2.24) is 14.7 Å². The zero-order valence-electron chi connectivity index (χ0n) is 11.3. The van der Waals surface area contributed by atoms with E-state index in [0.717, 1.165) is 19.4 Å². The fourth-order valence-corrected chi connectivity index (χ4v) is 2.75. The average Bonchev–Trinajstić information content (AvgIpc) is 3.11. The molecule has 2 unspecified atom stereocenters. The van der Waals surface area contributed by atoms with E-state index < -0.39 is 10.0 Å². The Kier molecular flexibility index (Phi) is 4.36. The number of rotatable bonds is 7. The minimum atomic E-state index is -3.48. The molecule has 1 heterocycles. The fraction of sp³-hybridized carbons (Fsp3) is 0.667.